The Labute approximate surface area is 136 Å². The second kappa shape index (κ2) is 8.79. The van der Waals surface area contributed by atoms with E-state index < -0.39 is 11.6 Å². The normalized spacial score (nSPS) is 11.1. The molecule has 0 aliphatic rings. The van der Waals surface area contributed by atoms with Gasteiger partial charge in [0.1, 0.15) is 0 Å². The average molecular weight is 316 g/mol. The average Bonchev–Trinajstić information content (AvgIpc) is 2.35. The summed E-state index contributed by atoms with van der Waals surface area (Å²) in [5.74, 6) is -1.24. The van der Waals surface area contributed by atoms with Crippen LogP contribution in [-0.4, -0.2) is 13.1 Å². The topological polar surface area (TPSA) is 3.24 Å². The number of anilines is 1. The molecule has 0 unspecified atom stereocenters. The molecule has 1 aromatic rings. The molecular formula is C16H24F2NTi-. The molecule has 0 amide bonds. The van der Waals surface area contributed by atoms with Gasteiger partial charge in [-0.3, -0.25) is 0 Å². The van der Waals surface area contributed by atoms with E-state index in [0.717, 1.165) is 32.4 Å². The first kappa shape index (κ1) is 19.6. The number of benzene rings is 1. The fourth-order valence-corrected chi connectivity index (χ4v) is 1.94. The Morgan fingerprint density at radius 3 is 2.35 bits per heavy atom. The van der Waals surface area contributed by atoms with Crippen molar-refractivity contribution in [3.63, 3.8) is 0 Å². The summed E-state index contributed by atoms with van der Waals surface area (Å²) in [6, 6.07) is 4.91. The van der Waals surface area contributed by atoms with Crippen molar-refractivity contribution in [2.75, 3.05) is 18.0 Å². The van der Waals surface area contributed by atoms with Crippen molar-refractivity contribution < 1.29 is 30.5 Å². The first-order chi connectivity index (χ1) is 8.89. The molecule has 0 N–H and O–H groups in total. The first-order valence-corrected chi connectivity index (χ1v) is 7.02. The Morgan fingerprint density at radius 2 is 1.85 bits per heavy atom. The van der Waals surface area contributed by atoms with Crippen molar-refractivity contribution in [1.29, 1.82) is 0 Å². The number of hydrogen-bond acceptors (Lipinski definition) is 1. The van der Waals surface area contributed by atoms with Crippen molar-refractivity contribution in [1.82, 2.24) is 0 Å². The zero-order valence-electron chi connectivity index (χ0n) is 12.9. The van der Waals surface area contributed by atoms with Gasteiger partial charge in [0.25, 0.3) is 0 Å². The van der Waals surface area contributed by atoms with Crippen LogP contribution in [0.5, 0.6) is 0 Å². The minimum atomic E-state index is -0.647. The van der Waals surface area contributed by atoms with Gasteiger partial charge in [-0.05, 0) is 23.9 Å². The Bertz CT molecular complexity index is 407. The standard InChI is InChI=1S/C16H24F2N.Ti/c1-5-7-10-19(12-16(3,4)6-2)15-9-8-13(17)11-14(15)18;/h8-9H,5-7,10,12H2,1-4H3;/q-1;. The zero-order valence-corrected chi connectivity index (χ0v) is 14.5. The molecule has 0 saturated heterocycles. The van der Waals surface area contributed by atoms with Gasteiger partial charge in [0.05, 0.1) is 0 Å². The van der Waals surface area contributed by atoms with E-state index in [-0.39, 0.29) is 27.1 Å². The summed E-state index contributed by atoms with van der Waals surface area (Å²) in [6.07, 6.45) is 3.06. The van der Waals surface area contributed by atoms with Crippen molar-refractivity contribution in [2.45, 2.75) is 47.0 Å². The molecule has 0 saturated carbocycles. The van der Waals surface area contributed by atoms with E-state index in [1.165, 1.54) is 12.1 Å². The molecule has 0 aliphatic carbocycles. The van der Waals surface area contributed by atoms with Crippen molar-refractivity contribution in [3.05, 3.63) is 29.8 Å². The monoisotopic (exact) mass is 316 g/mol. The van der Waals surface area contributed by atoms with E-state index in [1.54, 1.807) is 0 Å². The molecule has 0 bridgehead atoms. The van der Waals surface area contributed by atoms with Crippen LogP contribution in [0, 0.1) is 23.1 Å². The van der Waals surface area contributed by atoms with E-state index in [9.17, 15) is 8.78 Å². The van der Waals surface area contributed by atoms with Crippen LogP contribution in [0.1, 0.15) is 47.0 Å². The first-order valence-electron chi connectivity index (χ1n) is 7.02. The summed E-state index contributed by atoms with van der Waals surface area (Å²) in [7, 11) is 0. The van der Waals surface area contributed by atoms with Gasteiger partial charge in [0.2, 0.25) is 0 Å². The molecule has 0 atom stereocenters. The minimum Gasteiger partial charge on any atom is -0.421 e. The summed E-state index contributed by atoms with van der Waals surface area (Å²) in [5.41, 5.74) is 0.561. The summed E-state index contributed by atoms with van der Waals surface area (Å²) in [5, 5.41) is 0. The van der Waals surface area contributed by atoms with Crippen LogP contribution >= 0.6 is 0 Å². The summed E-state index contributed by atoms with van der Waals surface area (Å²) >= 11 is 0. The third-order valence-corrected chi connectivity index (χ3v) is 3.54. The molecule has 0 fully saturated rings. The quantitative estimate of drug-likeness (QED) is 0.516. The van der Waals surface area contributed by atoms with Crippen molar-refractivity contribution in [2.24, 2.45) is 5.41 Å². The second-order valence-electron chi connectivity index (χ2n) is 5.80. The van der Waals surface area contributed by atoms with Crippen LogP contribution in [0.25, 0.3) is 0 Å². The maximum atomic E-state index is 13.9. The Hall–Kier alpha value is -0.406. The maximum absolute atomic E-state index is 13.9. The van der Waals surface area contributed by atoms with Crippen LogP contribution in [0.15, 0.2) is 12.1 Å². The maximum Gasteiger partial charge on any atom is 0.0361 e. The van der Waals surface area contributed by atoms with Crippen LogP contribution in [0.4, 0.5) is 14.5 Å². The number of rotatable bonds is 7. The Balaban J connectivity index is 0.00000361. The summed E-state index contributed by atoms with van der Waals surface area (Å²) < 4.78 is 26.8. The number of nitrogens with zero attached hydrogens (tertiary/aromatic N) is 1. The number of halogens is 2. The van der Waals surface area contributed by atoms with Gasteiger partial charge in [-0.2, -0.15) is 0 Å². The third-order valence-electron chi connectivity index (χ3n) is 3.54. The van der Waals surface area contributed by atoms with Crippen molar-refractivity contribution in [3.8, 4) is 0 Å². The molecule has 0 aliphatic heterocycles. The predicted octanol–water partition coefficient (Wildman–Crippen LogP) is 4.81. The van der Waals surface area contributed by atoms with Crippen LogP contribution in [-0.2, 0) is 21.7 Å². The fraction of sp³-hybridized carbons (Fsp3) is 0.625. The molecule has 0 spiro atoms. The molecular weight excluding hydrogens is 292 g/mol. The molecule has 1 aromatic carbocycles. The predicted molar refractivity (Wildman–Crippen MR) is 76.4 cm³/mol. The number of unbranched alkanes of at least 4 members (excludes halogenated alkanes) is 1. The van der Waals surface area contributed by atoms with E-state index in [4.69, 9.17) is 0 Å². The fourth-order valence-electron chi connectivity index (χ4n) is 1.94. The Kier molecular flexibility index (Phi) is 8.61. The van der Waals surface area contributed by atoms with Crippen LogP contribution < -0.4 is 4.90 Å². The second-order valence-corrected chi connectivity index (χ2v) is 5.80. The molecule has 112 valence electrons. The minimum absolute atomic E-state index is 0. The van der Waals surface area contributed by atoms with Gasteiger partial charge in [-0.25, -0.2) is 8.78 Å². The van der Waals surface area contributed by atoms with E-state index in [0.29, 0.717) is 5.69 Å². The molecule has 1 nitrogen and oxygen atoms in total. The molecule has 1 rings (SSSR count). The third kappa shape index (κ3) is 5.93. The number of hydrogen-bond donors (Lipinski definition) is 0. The zero-order chi connectivity index (χ0) is 14.5. The molecule has 0 radical (unpaired) electrons. The molecule has 20 heavy (non-hydrogen) atoms. The van der Waals surface area contributed by atoms with Crippen LogP contribution in [0.2, 0.25) is 0 Å². The van der Waals surface area contributed by atoms with E-state index in [1.807, 2.05) is 4.90 Å². The van der Waals surface area contributed by atoms with Gasteiger partial charge in [0, 0.05) is 46.4 Å². The molecule has 0 aromatic heterocycles. The summed E-state index contributed by atoms with van der Waals surface area (Å²) in [4.78, 5) is 2.01. The smallest absolute Gasteiger partial charge is 0.0361 e. The van der Waals surface area contributed by atoms with Crippen LogP contribution in [0.3, 0.4) is 0 Å². The SMILES string of the molecule is CCCCN(CC(C)(C)CC)c1ccc(F)[c-]c1F.[Ti]. The van der Waals surface area contributed by atoms with Gasteiger partial charge in [-0.15, -0.1) is 18.2 Å². The Morgan fingerprint density at radius 1 is 1.20 bits per heavy atom. The van der Waals surface area contributed by atoms with Gasteiger partial charge in [-0.1, -0.05) is 34.1 Å². The van der Waals surface area contributed by atoms with E-state index >= 15 is 0 Å². The van der Waals surface area contributed by atoms with Gasteiger partial charge in [0.15, 0.2) is 0 Å². The largest absolute Gasteiger partial charge is 0.421 e. The van der Waals surface area contributed by atoms with Crippen molar-refractivity contribution >= 4 is 5.69 Å². The summed E-state index contributed by atoms with van der Waals surface area (Å²) in [6.45, 7) is 10.1. The molecule has 4 heteroatoms. The molecule has 0 heterocycles. The van der Waals surface area contributed by atoms with Gasteiger partial charge >= 0.3 is 0 Å². The van der Waals surface area contributed by atoms with E-state index in [2.05, 4.69) is 33.8 Å². The van der Waals surface area contributed by atoms with Gasteiger partial charge < -0.3 is 4.90 Å².